The number of rotatable bonds is 2. The number of alkyl halides is 3. The van der Waals surface area contributed by atoms with Crippen molar-refractivity contribution < 1.29 is 18.0 Å². The van der Waals surface area contributed by atoms with Gasteiger partial charge in [0.05, 0.1) is 11.6 Å². The van der Waals surface area contributed by atoms with Crippen molar-refractivity contribution >= 4 is 11.7 Å². The Morgan fingerprint density at radius 2 is 1.64 bits per heavy atom. The minimum atomic E-state index is -4.40. The lowest BCUT2D eigenvalue weighted by atomic mass is 10.0. The highest BCUT2D eigenvalue weighted by atomic mass is 19.4. The quantitative estimate of drug-likeness (QED) is 0.651. The number of hydrogen-bond donors (Lipinski definition) is 1. The molecule has 1 N–H and O–H groups in total. The third-order valence-electron chi connectivity index (χ3n) is 4.88. The molecule has 28 heavy (non-hydrogen) atoms. The summed E-state index contributed by atoms with van der Waals surface area (Å²) in [6.07, 6.45) is -2.42. The number of amides is 2. The van der Waals surface area contributed by atoms with E-state index in [-0.39, 0.29) is 12.1 Å². The smallest absolute Gasteiger partial charge is 0.348 e. The number of carbonyl (C=O) groups excluding carboxylic acids is 1. The molecule has 1 atom stereocenters. The molecule has 4 rings (SSSR count). The summed E-state index contributed by atoms with van der Waals surface area (Å²) in [6.45, 7) is 1.15. The molecule has 2 amide bonds. The first kappa shape index (κ1) is 18.2. The maximum atomic E-state index is 12.9. The number of fused-ring (bicyclic) bond motifs is 1. The molecule has 1 unspecified atom stereocenters. The monoisotopic (exact) mass is 385 g/mol. The molecular formula is C21H18F3N3O. The second-order valence-electron chi connectivity index (χ2n) is 6.64. The lowest BCUT2D eigenvalue weighted by Gasteiger charge is -2.37. The lowest BCUT2D eigenvalue weighted by Crippen LogP contribution is -2.44. The summed E-state index contributed by atoms with van der Waals surface area (Å²) in [5, 5.41) is 2.72. The number of aromatic nitrogens is 1. The number of urea groups is 1. The van der Waals surface area contributed by atoms with E-state index < -0.39 is 11.7 Å². The fourth-order valence-corrected chi connectivity index (χ4v) is 3.53. The fraction of sp³-hybridized carbons (Fsp3) is 0.190. The minimum absolute atomic E-state index is 0.264. The van der Waals surface area contributed by atoms with Gasteiger partial charge in [-0.15, -0.1) is 0 Å². The van der Waals surface area contributed by atoms with E-state index in [1.54, 1.807) is 4.90 Å². The van der Waals surface area contributed by atoms with Gasteiger partial charge in [-0.2, -0.15) is 13.2 Å². The average Bonchev–Trinajstić information content (AvgIpc) is 3.16. The SMILES string of the molecule is O=C(Nc1ccc(C(F)(F)F)cc1)N1CCn2cccc2C1c1ccccc1. The van der Waals surface area contributed by atoms with Crippen LogP contribution in [0.25, 0.3) is 0 Å². The second kappa shape index (κ2) is 7.07. The molecule has 4 nitrogen and oxygen atoms in total. The maximum absolute atomic E-state index is 12.9. The third kappa shape index (κ3) is 3.47. The highest BCUT2D eigenvalue weighted by molar-refractivity contribution is 5.90. The van der Waals surface area contributed by atoms with E-state index in [1.165, 1.54) is 12.1 Å². The van der Waals surface area contributed by atoms with Crippen LogP contribution in [0.5, 0.6) is 0 Å². The Morgan fingerprint density at radius 1 is 0.929 bits per heavy atom. The van der Waals surface area contributed by atoms with Crippen LogP contribution in [0, 0.1) is 0 Å². The lowest BCUT2D eigenvalue weighted by molar-refractivity contribution is -0.137. The first-order valence-electron chi connectivity index (χ1n) is 8.88. The van der Waals surface area contributed by atoms with Crippen LogP contribution in [0.2, 0.25) is 0 Å². The van der Waals surface area contributed by atoms with Crippen molar-refractivity contribution in [1.82, 2.24) is 9.47 Å². The van der Waals surface area contributed by atoms with Gasteiger partial charge in [0, 0.05) is 30.7 Å². The van der Waals surface area contributed by atoms with Gasteiger partial charge in [-0.25, -0.2) is 4.79 Å². The topological polar surface area (TPSA) is 37.3 Å². The van der Waals surface area contributed by atoms with Gasteiger partial charge in [0.2, 0.25) is 0 Å². The van der Waals surface area contributed by atoms with E-state index in [4.69, 9.17) is 0 Å². The molecule has 1 aliphatic rings. The molecule has 2 aromatic carbocycles. The van der Waals surface area contributed by atoms with E-state index in [0.29, 0.717) is 18.8 Å². The number of halogens is 3. The van der Waals surface area contributed by atoms with Crippen molar-refractivity contribution in [2.45, 2.75) is 18.8 Å². The Bertz CT molecular complexity index is 965. The van der Waals surface area contributed by atoms with Gasteiger partial charge >= 0.3 is 12.2 Å². The molecule has 1 aliphatic heterocycles. The highest BCUT2D eigenvalue weighted by Gasteiger charge is 2.33. The Hall–Kier alpha value is -3.22. The van der Waals surface area contributed by atoms with Crippen molar-refractivity contribution in [3.05, 3.63) is 89.7 Å². The highest BCUT2D eigenvalue weighted by Crippen LogP contribution is 2.33. The number of nitrogens with one attached hydrogen (secondary N) is 1. The summed E-state index contributed by atoms with van der Waals surface area (Å²) < 4.78 is 40.3. The Balaban J connectivity index is 1.59. The minimum Gasteiger partial charge on any atom is -0.348 e. The number of anilines is 1. The van der Waals surface area contributed by atoms with Crippen LogP contribution in [-0.4, -0.2) is 22.0 Å². The molecule has 0 fully saturated rings. The molecule has 1 aromatic heterocycles. The largest absolute Gasteiger partial charge is 0.416 e. The molecular weight excluding hydrogens is 367 g/mol. The summed E-state index contributed by atoms with van der Waals surface area (Å²) in [7, 11) is 0. The van der Waals surface area contributed by atoms with Crippen molar-refractivity contribution in [2.24, 2.45) is 0 Å². The van der Waals surface area contributed by atoms with Crippen LogP contribution in [0.4, 0.5) is 23.7 Å². The number of hydrogen-bond acceptors (Lipinski definition) is 1. The normalized spacial score (nSPS) is 16.5. The van der Waals surface area contributed by atoms with Gasteiger partial charge < -0.3 is 14.8 Å². The molecule has 7 heteroatoms. The molecule has 2 heterocycles. The molecule has 0 spiro atoms. The van der Waals surface area contributed by atoms with E-state index in [1.807, 2.05) is 48.7 Å². The van der Waals surface area contributed by atoms with E-state index in [2.05, 4.69) is 9.88 Å². The zero-order chi connectivity index (χ0) is 19.7. The van der Waals surface area contributed by atoms with Crippen molar-refractivity contribution in [3.8, 4) is 0 Å². The van der Waals surface area contributed by atoms with Crippen LogP contribution in [-0.2, 0) is 12.7 Å². The van der Waals surface area contributed by atoms with E-state index in [9.17, 15) is 18.0 Å². The zero-order valence-corrected chi connectivity index (χ0v) is 14.9. The zero-order valence-electron chi connectivity index (χ0n) is 14.9. The van der Waals surface area contributed by atoms with Gasteiger partial charge in [-0.05, 0) is 42.0 Å². The molecule has 144 valence electrons. The molecule has 0 bridgehead atoms. The Morgan fingerprint density at radius 3 is 2.32 bits per heavy atom. The number of carbonyl (C=O) groups is 1. The third-order valence-corrected chi connectivity index (χ3v) is 4.88. The van der Waals surface area contributed by atoms with Crippen LogP contribution in [0.15, 0.2) is 72.9 Å². The van der Waals surface area contributed by atoms with Gasteiger partial charge in [0.1, 0.15) is 0 Å². The van der Waals surface area contributed by atoms with Crippen molar-refractivity contribution in [1.29, 1.82) is 0 Å². The van der Waals surface area contributed by atoms with Crippen LogP contribution in [0.1, 0.15) is 22.9 Å². The number of nitrogens with zero attached hydrogens (tertiary/aromatic N) is 2. The summed E-state index contributed by atoms with van der Waals surface area (Å²) in [6, 6.07) is 17.5. The molecule has 0 aliphatic carbocycles. The summed E-state index contributed by atoms with van der Waals surface area (Å²) in [4.78, 5) is 14.7. The predicted molar refractivity (Wildman–Crippen MR) is 99.9 cm³/mol. The van der Waals surface area contributed by atoms with Gasteiger partial charge in [0.25, 0.3) is 0 Å². The first-order chi connectivity index (χ1) is 13.4. The van der Waals surface area contributed by atoms with Crippen LogP contribution in [0.3, 0.4) is 0 Å². The van der Waals surface area contributed by atoms with Gasteiger partial charge in [-0.1, -0.05) is 30.3 Å². The summed E-state index contributed by atoms with van der Waals surface area (Å²) in [5.74, 6) is 0. The van der Waals surface area contributed by atoms with Crippen molar-refractivity contribution in [2.75, 3.05) is 11.9 Å². The van der Waals surface area contributed by atoms with Gasteiger partial charge in [0.15, 0.2) is 0 Å². The molecule has 3 aromatic rings. The molecule has 0 saturated heterocycles. The second-order valence-corrected chi connectivity index (χ2v) is 6.64. The fourth-order valence-electron chi connectivity index (χ4n) is 3.53. The standard InChI is InChI=1S/C21H18F3N3O/c22-21(23,24)16-8-10-17(11-9-16)25-20(28)27-14-13-26-12-4-7-18(26)19(27)15-5-2-1-3-6-15/h1-12,19H,13-14H2,(H,25,28). The Kier molecular flexibility index (Phi) is 4.58. The van der Waals surface area contributed by atoms with E-state index >= 15 is 0 Å². The van der Waals surface area contributed by atoms with Crippen LogP contribution >= 0.6 is 0 Å². The number of benzene rings is 2. The summed E-state index contributed by atoms with van der Waals surface area (Å²) >= 11 is 0. The molecule has 0 saturated carbocycles. The Labute approximate surface area is 160 Å². The van der Waals surface area contributed by atoms with Crippen LogP contribution < -0.4 is 5.32 Å². The van der Waals surface area contributed by atoms with E-state index in [0.717, 1.165) is 23.4 Å². The maximum Gasteiger partial charge on any atom is 0.416 e. The van der Waals surface area contributed by atoms with Gasteiger partial charge in [-0.3, -0.25) is 0 Å². The molecule has 0 radical (unpaired) electrons. The summed E-state index contributed by atoms with van der Waals surface area (Å²) in [5.41, 5.74) is 1.55. The average molecular weight is 385 g/mol. The van der Waals surface area contributed by atoms with Crippen molar-refractivity contribution in [3.63, 3.8) is 0 Å². The first-order valence-corrected chi connectivity index (χ1v) is 8.88. The predicted octanol–water partition coefficient (Wildman–Crippen LogP) is 5.14.